The molecule has 9 nitrogen and oxygen atoms in total. The first-order chi connectivity index (χ1) is 18.0. The summed E-state index contributed by atoms with van der Waals surface area (Å²) in [6.45, 7) is 8.48. The number of rotatable bonds is 22. The molecular formula is C28H42N2O7. The standard InChI is InChI=1S/C28H42N2O7/c1-3-5-6-10-14-27(33)37-22-25(21-36-20-23-12-8-7-9-13-23)30-28(34)24(11-4-2)19-26(32)29-15-17-35-18-16-31/h3-4,7-9,12-13,24-25,31H,1-2,5-6,10-11,14-22H2,(H,29,32)(H,30,34)/t24-,25-/m0/s1. The minimum absolute atomic E-state index is 0.0292. The Balaban J connectivity index is 2.65. The first kappa shape index (κ1) is 32.0. The van der Waals surface area contributed by atoms with E-state index in [1.165, 1.54) is 0 Å². The van der Waals surface area contributed by atoms with Crippen LogP contribution in [-0.2, 0) is 35.2 Å². The maximum absolute atomic E-state index is 13.0. The van der Waals surface area contributed by atoms with Gasteiger partial charge in [-0.05, 0) is 31.2 Å². The lowest BCUT2D eigenvalue weighted by Crippen LogP contribution is -2.45. The van der Waals surface area contributed by atoms with E-state index in [1.807, 2.05) is 36.4 Å². The number of hydrogen-bond acceptors (Lipinski definition) is 7. The van der Waals surface area contributed by atoms with E-state index < -0.39 is 12.0 Å². The Labute approximate surface area is 220 Å². The zero-order valence-corrected chi connectivity index (χ0v) is 21.7. The number of nitrogens with one attached hydrogen (secondary N) is 2. The molecule has 0 bridgehead atoms. The molecule has 0 spiro atoms. The molecule has 0 saturated heterocycles. The topological polar surface area (TPSA) is 123 Å². The summed E-state index contributed by atoms with van der Waals surface area (Å²) in [6.07, 6.45) is 6.37. The molecule has 0 aliphatic carbocycles. The Morgan fingerprint density at radius 2 is 1.78 bits per heavy atom. The second-order valence-corrected chi connectivity index (χ2v) is 8.54. The normalized spacial score (nSPS) is 12.2. The van der Waals surface area contributed by atoms with Gasteiger partial charge >= 0.3 is 5.97 Å². The van der Waals surface area contributed by atoms with Gasteiger partial charge in [-0.1, -0.05) is 42.5 Å². The molecule has 2 atom stereocenters. The summed E-state index contributed by atoms with van der Waals surface area (Å²) in [6, 6.07) is 9.04. The van der Waals surface area contributed by atoms with Gasteiger partial charge in [0.1, 0.15) is 6.61 Å². The molecule has 1 aromatic carbocycles. The zero-order valence-electron chi connectivity index (χ0n) is 21.7. The average molecular weight is 519 g/mol. The minimum Gasteiger partial charge on any atom is -0.463 e. The number of ether oxygens (including phenoxy) is 3. The van der Waals surface area contributed by atoms with Crippen molar-refractivity contribution in [3.8, 4) is 0 Å². The summed E-state index contributed by atoms with van der Waals surface area (Å²) in [5.41, 5.74) is 0.982. The van der Waals surface area contributed by atoms with E-state index >= 15 is 0 Å². The number of carbonyl (C=O) groups is 3. The lowest BCUT2D eigenvalue weighted by Gasteiger charge is -2.22. The van der Waals surface area contributed by atoms with Gasteiger partial charge in [0.05, 0.1) is 45.0 Å². The van der Waals surface area contributed by atoms with Crippen LogP contribution in [0.25, 0.3) is 0 Å². The summed E-state index contributed by atoms with van der Waals surface area (Å²) in [7, 11) is 0. The highest BCUT2D eigenvalue weighted by Crippen LogP contribution is 2.11. The first-order valence-electron chi connectivity index (χ1n) is 12.7. The van der Waals surface area contributed by atoms with E-state index in [0.717, 1.165) is 18.4 Å². The van der Waals surface area contributed by atoms with Crippen molar-refractivity contribution >= 4 is 17.8 Å². The summed E-state index contributed by atoms with van der Waals surface area (Å²) >= 11 is 0. The molecule has 3 N–H and O–H groups in total. The zero-order chi connectivity index (χ0) is 27.1. The third kappa shape index (κ3) is 16.4. The van der Waals surface area contributed by atoms with E-state index in [2.05, 4.69) is 23.8 Å². The van der Waals surface area contributed by atoms with Crippen LogP contribution in [-0.4, -0.2) is 68.5 Å². The Hall–Kier alpha value is -3.01. The lowest BCUT2D eigenvalue weighted by atomic mass is 9.99. The van der Waals surface area contributed by atoms with Gasteiger partial charge in [0.2, 0.25) is 11.8 Å². The van der Waals surface area contributed by atoms with Crippen molar-refractivity contribution in [2.24, 2.45) is 5.92 Å². The molecule has 0 saturated carbocycles. The Morgan fingerprint density at radius 1 is 1.00 bits per heavy atom. The van der Waals surface area contributed by atoms with Crippen LogP contribution in [0.1, 0.15) is 44.1 Å². The number of benzene rings is 1. The predicted molar refractivity (Wildman–Crippen MR) is 141 cm³/mol. The molecule has 9 heteroatoms. The molecular weight excluding hydrogens is 476 g/mol. The molecule has 1 rings (SSSR count). The first-order valence-corrected chi connectivity index (χ1v) is 12.7. The molecule has 2 amide bonds. The smallest absolute Gasteiger partial charge is 0.305 e. The van der Waals surface area contributed by atoms with Crippen molar-refractivity contribution in [3.05, 3.63) is 61.2 Å². The monoisotopic (exact) mass is 518 g/mol. The fourth-order valence-corrected chi connectivity index (χ4v) is 3.38. The second-order valence-electron chi connectivity index (χ2n) is 8.54. The Kier molecular flexibility index (Phi) is 18.3. The van der Waals surface area contributed by atoms with Crippen molar-refractivity contribution < 1.29 is 33.7 Å². The lowest BCUT2D eigenvalue weighted by molar-refractivity contribution is -0.146. The number of aliphatic hydroxyl groups is 1. The molecule has 37 heavy (non-hydrogen) atoms. The quantitative estimate of drug-likeness (QED) is 0.123. The third-order valence-electron chi connectivity index (χ3n) is 5.32. The molecule has 0 radical (unpaired) electrons. The highest BCUT2D eigenvalue weighted by atomic mass is 16.5. The van der Waals surface area contributed by atoms with Crippen molar-refractivity contribution in [1.29, 1.82) is 0 Å². The van der Waals surface area contributed by atoms with Crippen molar-refractivity contribution in [2.75, 3.05) is 39.6 Å². The molecule has 206 valence electrons. The van der Waals surface area contributed by atoms with Gasteiger partial charge in [0.15, 0.2) is 0 Å². The fraction of sp³-hybridized carbons (Fsp3) is 0.536. The van der Waals surface area contributed by atoms with Crippen molar-refractivity contribution in [1.82, 2.24) is 10.6 Å². The van der Waals surface area contributed by atoms with E-state index in [9.17, 15) is 14.4 Å². The predicted octanol–water partition coefficient (Wildman–Crippen LogP) is 2.69. The molecule has 0 aliphatic heterocycles. The number of amides is 2. The van der Waals surface area contributed by atoms with Gasteiger partial charge in [0, 0.05) is 19.4 Å². The van der Waals surface area contributed by atoms with Crippen LogP contribution < -0.4 is 10.6 Å². The van der Waals surface area contributed by atoms with E-state index in [4.69, 9.17) is 19.3 Å². The van der Waals surface area contributed by atoms with Gasteiger partial charge in [-0.25, -0.2) is 0 Å². The van der Waals surface area contributed by atoms with Crippen LogP contribution in [0.5, 0.6) is 0 Å². The summed E-state index contributed by atoms with van der Waals surface area (Å²) in [5, 5.41) is 14.3. The molecule has 0 aliphatic rings. The summed E-state index contributed by atoms with van der Waals surface area (Å²) in [4.78, 5) is 37.5. The maximum Gasteiger partial charge on any atom is 0.305 e. The van der Waals surface area contributed by atoms with Crippen molar-refractivity contribution in [3.63, 3.8) is 0 Å². The van der Waals surface area contributed by atoms with Crippen LogP contribution in [0.15, 0.2) is 55.6 Å². The molecule has 0 fully saturated rings. The van der Waals surface area contributed by atoms with Crippen molar-refractivity contribution in [2.45, 2.75) is 51.2 Å². The number of esters is 1. The summed E-state index contributed by atoms with van der Waals surface area (Å²) in [5.74, 6) is -1.61. The van der Waals surface area contributed by atoms with E-state index in [-0.39, 0.29) is 63.8 Å². The van der Waals surface area contributed by atoms with Crippen LogP contribution in [0.3, 0.4) is 0 Å². The molecule has 0 aromatic heterocycles. The van der Waals surface area contributed by atoms with Gasteiger partial charge in [-0.2, -0.15) is 0 Å². The van der Waals surface area contributed by atoms with Gasteiger partial charge in [-0.15, -0.1) is 13.2 Å². The number of allylic oxidation sites excluding steroid dienone is 2. The van der Waals surface area contributed by atoms with Gasteiger partial charge in [-0.3, -0.25) is 14.4 Å². The Morgan fingerprint density at radius 3 is 2.49 bits per heavy atom. The van der Waals surface area contributed by atoms with Gasteiger partial charge < -0.3 is 30.0 Å². The highest BCUT2D eigenvalue weighted by Gasteiger charge is 2.24. The van der Waals surface area contributed by atoms with Crippen LogP contribution in [0.4, 0.5) is 0 Å². The largest absolute Gasteiger partial charge is 0.463 e. The second kappa shape index (κ2) is 21.1. The number of aliphatic hydroxyl groups excluding tert-OH is 1. The average Bonchev–Trinajstić information content (AvgIpc) is 2.89. The highest BCUT2D eigenvalue weighted by molar-refractivity contribution is 5.86. The minimum atomic E-state index is -0.637. The molecule has 0 unspecified atom stereocenters. The van der Waals surface area contributed by atoms with Crippen LogP contribution in [0.2, 0.25) is 0 Å². The van der Waals surface area contributed by atoms with Gasteiger partial charge in [0.25, 0.3) is 0 Å². The Bertz CT molecular complexity index is 801. The van der Waals surface area contributed by atoms with E-state index in [1.54, 1.807) is 6.08 Å². The molecule has 1 aromatic rings. The SMILES string of the molecule is C=CCCCCC(=O)OC[C@H](COCc1ccccc1)NC(=O)[C@@H](CC=C)CC(=O)NCCOCCO. The van der Waals surface area contributed by atoms with E-state index in [0.29, 0.717) is 25.9 Å². The number of carbonyl (C=O) groups excluding carboxylic acids is 3. The fourth-order valence-electron chi connectivity index (χ4n) is 3.38. The maximum atomic E-state index is 13.0. The molecule has 0 heterocycles. The van der Waals surface area contributed by atoms with Crippen LogP contribution in [0, 0.1) is 5.92 Å². The number of hydrogen-bond donors (Lipinski definition) is 3. The summed E-state index contributed by atoms with van der Waals surface area (Å²) < 4.78 is 16.3. The number of unbranched alkanes of at least 4 members (excludes halogenated alkanes) is 2. The third-order valence-corrected chi connectivity index (χ3v) is 5.32. The van der Waals surface area contributed by atoms with Crippen LogP contribution >= 0.6 is 0 Å².